The van der Waals surface area contributed by atoms with Crippen molar-refractivity contribution in [1.82, 2.24) is 4.98 Å². The van der Waals surface area contributed by atoms with Gasteiger partial charge in [0.1, 0.15) is 15.2 Å². The third kappa shape index (κ3) is 2.96. The van der Waals surface area contributed by atoms with Crippen molar-refractivity contribution in [3.63, 3.8) is 0 Å². The summed E-state index contributed by atoms with van der Waals surface area (Å²) < 4.78 is 14.0. The molecule has 0 radical (unpaired) electrons. The molecule has 0 atom stereocenters. The maximum Gasteiger partial charge on any atom is 0.335 e. The van der Waals surface area contributed by atoms with Gasteiger partial charge in [-0.3, -0.25) is 0 Å². The van der Waals surface area contributed by atoms with Crippen molar-refractivity contribution in [1.29, 1.82) is 0 Å². The second-order valence-corrected chi connectivity index (χ2v) is 5.16. The van der Waals surface area contributed by atoms with Crippen LogP contribution in [0.2, 0.25) is 4.34 Å². The number of aromatic nitrogens is 1. The monoisotopic (exact) mass is 286 g/mol. The zero-order valence-corrected chi connectivity index (χ0v) is 10.6. The Hall–Kier alpha value is -1.66. The normalized spacial score (nSPS) is 10.3. The molecule has 94 valence electrons. The van der Waals surface area contributed by atoms with Crippen LogP contribution in [-0.4, -0.2) is 16.1 Å². The Morgan fingerprint density at radius 3 is 2.94 bits per heavy atom. The van der Waals surface area contributed by atoms with E-state index in [1.807, 2.05) is 0 Å². The molecular weight excluding hydrogens is 279 g/mol. The fraction of sp³-hybridized carbons (Fsp3) is 0.0909. The molecular formula is C11H8ClFN2O2S. The van der Waals surface area contributed by atoms with E-state index in [1.165, 1.54) is 29.7 Å². The molecule has 1 aromatic carbocycles. The highest BCUT2D eigenvalue weighted by Crippen LogP contribution is 2.21. The first-order valence-corrected chi connectivity index (χ1v) is 6.12. The summed E-state index contributed by atoms with van der Waals surface area (Å²) in [6, 6.07) is 3.57. The van der Waals surface area contributed by atoms with Gasteiger partial charge >= 0.3 is 5.97 Å². The molecule has 0 amide bonds. The molecule has 18 heavy (non-hydrogen) atoms. The van der Waals surface area contributed by atoms with Crippen LogP contribution in [0.1, 0.15) is 15.4 Å². The van der Waals surface area contributed by atoms with E-state index < -0.39 is 11.8 Å². The molecule has 0 saturated heterocycles. The number of hydrogen-bond acceptors (Lipinski definition) is 4. The van der Waals surface area contributed by atoms with Gasteiger partial charge in [0.15, 0.2) is 0 Å². The van der Waals surface area contributed by atoms with Gasteiger partial charge in [-0.15, -0.1) is 11.3 Å². The van der Waals surface area contributed by atoms with Gasteiger partial charge in [-0.2, -0.15) is 0 Å². The van der Waals surface area contributed by atoms with Crippen LogP contribution in [0.5, 0.6) is 0 Å². The number of benzene rings is 1. The van der Waals surface area contributed by atoms with Crippen molar-refractivity contribution < 1.29 is 14.3 Å². The Kier molecular flexibility index (Phi) is 3.78. The first kappa shape index (κ1) is 12.8. The van der Waals surface area contributed by atoms with Crippen LogP contribution in [0.15, 0.2) is 24.4 Å². The molecule has 0 spiro atoms. The van der Waals surface area contributed by atoms with E-state index in [-0.39, 0.29) is 17.8 Å². The Bertz CT molecular complexity index is 588. The smallest absolute Gasteiger partial charge is 0.335 e. The summed E-state index contributed by atoms with van der Waals surface area (Å²) in [6.45, 7) is 0.289. The minimum Gasteiger partial charge on any atom is -0.478 e. The number of carboxylic acid groups (broad SMARTS) is 1. The van der Waals surface area contributed by atoms with Crippen LogP contribution in [0.4, 0.5) is 10.1 Å². The lowest BCUT2D eigenvalue weighted by atomic mass is 10.2. The molecule has 4 nitrogen and oxygen atoms in total. The SMILES string of the molecule is O=C(O)c1ccc(F)c(NCc2ncc(Cl)s2)c1. The van der Waals surface area contributed by atoms with Crippen molar-refractivity contribution in [2.75, 3.05) is 5.32 Å². The van der Waals surface area contributed by atoms with E-state index in [0.29, 0.717) is 9.34 Å². The largest absolute Gasteiger partial charge is 0.478 e. The summed E-state index contributed by atoms with van der Waals surface area (Å²) in [6.07, 6.45) is 1.51. The minimum atomic E-state index is -1.10. The van der Waals surface area contributed by atoms with Gasteiger partial charge in [0.05, 0.1) is 24.0 Å². The Balaban J connectivity index is 2.13. The van der Waals surface area contributed by atoms with Gasteiger partial charge in [-0.1, -0.05) is 11.6 Å². The summed E-state index contributed by atoms with van der Waals surface area (Å²) in [7, 11) is 0. The van der Waals surface area contributed by atoms with Crippen molar-refractivity contribution in [2.24, 2.45) is 0 Å². The second-order valence-electron chi connectivity index (χ2n) is 3.41. The molecule has 1 aromatic heterocycles. The zero-order chi connectivity index (χ0) is 13.1. The van der Waals surface area contributed by atoms with E-state index in [0.717, 1.165) is 6.07 Å². The van der Waals surface area contributed by atoms with Crippen LogP contribution in [0.3, 0.4) is 0 Å². The van der Waals surface area contributed by atoms with Gasteiger partial charge in [0, 0.05) is 0 Å². The maximum atomic E-state index is 13.4. The predicted molar refractivity (Wildman–Crippen MR) is 67.8 cm³/mol. The molecule has 7 heteroatoms. The van der Waals surface area contributed by atoms with E-state index in [1.54, 1.807) is 0 Å². The molecule has 0 fully saturated rings. The number of halogens is 2. The maximum absolute atomic E-state index is 13.4. The number of nitrogens with zero attached hydrogens (tertiary/aromatic N) is 1. The van der Waals surface area contributed by atoms with Gasteiger partial charge in [0.25, 0.3) is 0 Å². The lowest BCUT2D eigenvalue weighted by Gasteiger charge is -2.06. The number of hydrogen-bond donors (Lipinski definition) is 2. The van der Waals surface area contributed by atoms with Gasteiger partial charge in [-0.25, -0.2) is 14.2 Å². The van der Waals surface area contributed by atoms with Crippen LogP contribution in [0, 0.1) is 5.82 Å². The van der Waals surface area contributed by atoms with Gasteiger partial charge in [0.2, 0.25) is 0 Å². The van der Waals surface area contributed by atoms with Crippen LogP contribution < -0.4 is 5.32 Å². The van der Waals surface area contributed by atoms with E-state index in [4.69, 9.17) is 16.7 Å². The van der Waals surface area contributed by atoms with E-state index in [9.17, 15) is 9.18 Å². The summed E-state index contributed by atoms with van der Waals surface area (Å²) in [5.74, 6) is -1.61. The molecule has 0 saturated carbocycles. The molecule has 2 N–H and O–H groups in total. The first-order valence-electron chi connectivity index (χ1n) is 4.93. The Morgan fingerprint density at radius 2 is 2.33 bits per heavy atom. The Labute approximate surface area is 111 Å². The molecule has 2 aromatic rings. The van der Waals surface area contributed by atoms with Crippen molar-refractivity contribution in [3.8, 4) is 0 Å². The highest BCUT2D eigenvalue weighted by atomic mass is 35.5. The molecule has 0 bridgehead atoms. The highest BCUT2D eigenvalue weighted by molar-refractivity contribution is 7.15. The molecule has 0 aliphatic carbocycles. The third-order valence-corrected chi connectivity index (χ3v) is 3.28. The number of carbonyl (C=O) groups is 1. The number of rotatable bonds is 4. The second kappa shape index (κ2) is 5.32. The number of carboxylic acids is 1. The number of thiazole rings is 1. The Morgan fingerprint density at radius 1 is 1.56 bits per heavy atom. The molecule has 0 aliphatic rings. The standard InChI is InChI=1S/C11H8ClFN2O2S/c12-9-4-15-10(18-9)5-14-8-3-6(11(16)17)1-2-7(8)13/h1-4,14H,5H2,(H,16,17). The molecule has 1 heterocycles. The fourth-order valence-electron chi connectivity index (χ4n) is 1.33. The zero-order valence-electron chi connectivity index (χ0n) is 8.98. The summed E-state index contributed by atoms with van der Waals surface area (Å²) in [5, 5.41) is 12.3. The average Bonchev–Trinajstić information content (AvgIpc) is 2.74. The summed E-state index contributed by atoms with van der Waals surface area (Å²) in [5.41, 5.74) is 0.150. The number of anilines is 1. The van der Waals surface area contributed by atoms with E-state index >= 15 is 0 Å². The quantitative estimate of drug-likeness (QED) is 0.906. The number of nitrogens with one attached hydrogen (secondary N) is 1. The number of aromatic carboxylic acids is 1. The topological polar surface area (TPSA) is 62.2 Å². The van der Waals surface area contributed by atoms with Crippen molar-refractivity contribution in [2.45, 2.75) is 6.54 Å². The lowest BCUT2D eigenvalue weighted by Crippen LogP contribution is -2.04. The van der Waals surface area contributed by atoms with Crippen LogP contribution in [0.25, 0.3) is 0 Å². The minimum absolute atomic E-state index is 0.0241. The molecule has 2 rings (SSSR count). The van der Waals surface area contributed by atoms with Crippen molar-refractivity contribution in [3.05, 3.63) is 45.1 Å². The first-order chi connectivity index (χ1) is 8.56. The van der Waals surface area contributed by atoms with E-state index in [2.05, 4.69) is 10.3 Å². The molecule has 0 unspecified atom stereocenters. The summed E-state index contributed by atoms with van der Waals surface area (Å²) in [4.78, 5) is 14.8. The van der Waals surface area contributed by atoms with Crippen LogP contribution >= 0.6 is 22.9 Å². The fourth-order valence-corrected chi connectivity index (χ4v) is 2.23. The predicted octanol–water partition coefficient (Wildman–Crippen LogP) is 3.25. The van der Waals surface area contributed by atoms with Gasteiger partial charge < -0.3 is 10.4 Å². The van der Waals surface area contributed by atoms with Crippen LogP contribution in [-0.2, 0) is 6.54 Å². The molecule has 0 aliphatic heterocycles. The highest BCUT2D eigenvalue weighted by Gasteiger charge is 2.08. The average molecular weight is 287 g/mol. The van der Waals surface area contributed by atoms with Crippen molar-refractivity contribution >= 4 is 34.6 Å². The summed E-state index contributed by atoms with van der Waals surface area (Å²) >= 11 is 6.99. The van der Waals surface area contributed by atoms with Gasteiger partial charge in [-0.05, 0) is 18.2 Å². The lowest BCUT2D eigenvalue weighted by molar-refractivity contribution is 0.0697. The third-order valence-electron chi connectivity index (χ3n) is 2.17.